The van der Waals surface area contributed by atoms with Crippen LogP contribution < -0.4 is 5.32 Å². The molecular formula is C22H18BrCl2FN2O3S. The second kappa shape index (κ2) is 10.8. The Bertz CT molecular complexity index is 1210. The van der Waals surface area contributed by atoms with Gasteiger partial charge in [0.25, 0.3) is 0 Å². The van der Waals surface area contributed by atoms with E-state index in [1.807, 2.05) is 0 Å². The van der Waals surface area contributed by atoms with Crippen molar-refractivity contribution in [3.05, 3.63) is 98.2 Å². The summed E-state index contributed by atoms with van der Waals surface area (Å²) < 4.78 is 41.4. The molecule has 3 rings (SSSR count). The Morgan fingerprint density at radius 1 is 0.938 bits per heavy atom. The van der Waals surface area contributed by atoms with Gasteiger partial charge >= 0.3 is 0 Å². The van der Waals surface area contributed by atoms with Gasteiger partial charge in [-0.3, -0.25) is 4.79 Å². The topological polar surface area (TPSA) is 66.5 Å². The van der Waals surface area contributed by atoms with E-state index >= 15 is 0 Å². The van der Waals surface area contributed by atoms with Crippen LogP contribution in [0.1, 0.15) is 11.1 Å². The summed E-state index contributed by atoms with van der Waals surface area (Å²) in [6, 6.07) is 16.6. The van der Waals surface area contributed by atoms with Crippen molar-refractivity contribution in [3.8, 4) is 0 Å². The molecule has 5 nitrogen and oxygen atoms in total. The fraction of sp³-hybridized carbons (Fsp3) is 0.136. The molecule has 3 aromatic carbocycles. The maximum atomic E-state index is 13.3. The minimum absolute atomic E-state index is 0.0482. The molecule has 0 heterocycles. The van der Waals surface area contributed by atoms with Crippen LogP contribution in [0.15, 0.2) is 76.1 Å². The SMILES string of the molecule is O=C(CN(Cc1ccc(Cl)c(Cl)c1)S(=O)(=O)c1ccc(Br)cc1)NCc1ccc(F)cc1. The second-order valence-corrected chi connectivity index (χ2v) is 10.5. The normalized spacial score (nSPS) is 11.5. The Balaban J connectivity index is 1.81. The van der Waals surface area contributed by atoms with E-state index in [2.05, 4.69) is 21.2 Å². The molecule has 1 N–H and O–H groups in total. The molecule has 0 saturated carbocycles. The molecule has 0 fully saturated rings. The highest BCUT2D eigenvalue weighted by Crippen LogP contribution is 2.25. The smallest absolute Gasteiger partial charge is 0.243 e. The predicted molar refractivity (Wildman–Crippen MR) is 126 cm³/mol. The van der Waals surface area contributed by atoms with Gasteiger partial charge in [0.15, 0.2) is 0 Å². The third kappa shape index (κ3) is 6.52. The molecule has 32 heavy (non-hydrogen) atoms. The Morgan fingerprint density at radius 3 is 2.19 bits per heavy atom. The number of carbonyl (C=O) groups excluding carboxylic acids is 1. The third-order valence-electron chi connectivity index (χ3n) is 4.52. The summed E-state index contributed by atoms with van der Waals surface area (Å²) in [4.78, 5) is 12.6. The predicted octanol–water partition coefficient (Wildman–Crippen LogP) is 5.40. The summed E-state index contributed by atoms with van der Waals surface area (Å²) >= 11 is 15.3. The molecule has 0 atom stereocenters. The van der Waals surface area contributed by atoms with Crippen LogP contribution in [0.25, 0.3) is 0 Å². The average molecular weight is 560 g/mol. The summed E-state index contributed by atoms with van der Waals surface area (Å²) in [6.45, 7) is -0.364. The van der Waals surface area contributed by atoms with Gasteiger partial charge in [-0.2, -0.15) is 4.31 Å². The first-order valence-corrected chi connectivity index (χ1v) is 12.3. The standard InChI is InChI=1S/C22H18BrCl2FN2O3S/c23-17-4-8-19(9-5-17)32(30,31)28(13-16-3-10-20(24)21(25)11-16)14-22(29)27-12-15-1-6-18(26)7-2-15/h1-11H,12-14H2,(H,27,29). The van der Waals surface area contributed by atoms with Gasteiger partial charge in [0.05, 0.1) is 21.5 Å². The highest BCUT2D eigenvalue weighted by molar-refractivity contribution is 9.10. The van der Waals surface area contributed by atoms with Crippen molar-refractivity contribution in [2.45, 2.75) is 18.0 Å². The average Bonchev–Trinajstić information content (AvgIpc) is 2.76. The van der Waals surface area contributed by atoms with Gasteiger partial charge in [-0.1, -0.05) is 57.3 Å². The summed E-state index contributed by atoms with van der Waals surface area (Å²) in [7, 11) is -4.00. The number of hydrogen-bond acceptors (Lipinski definition) is 3. The molecule has 0 bridgehead atoms. The molecule has 0 aromatic heterocycles. The number of nitrogens with one attached hydrogen (secondary N) is 1. The molecular weight excluding hydrogens is 542 g/mol. The number of nitrogens with zero attached hydrogens (tertiary/aromatic N) is 1. The largest absolute Gasteiger partial charge is 0.351 e. The fourth-order valence-electron chi connectivity index (χ4n) is 2.84. The maximum absolute atomic E-state index is 13.3. The van der Waals surface area contributed by atoms with Gasteiger partial charge in [0, 0.05) is 17.6 Å². The molecule has 0 radical (unpaired) electrons. The highest BCUT2D eigenvalue weighted by Gasteiger charge is 2.27. The number of halogens is 4. The van der Waals surface area contributed by atoms with Gasteiger partial charge < -0.3 is 5.32 Å². The Morgan fingerprint density at radius 2 is 1.56 bits per heavy atom. The van der Waals surface area contributed by atoms with Crippen molar-refractivity contribution in [2.24, 2.45) is 0 Å². The lowest BCUT2D eigenvalue weighted by Gasteiger charge is -2.22. The first kappa shape index (κ1) is 24.7. The van der Waals surface area contributed by atoms with E-state index in [0.717, 1.165) is 8.78 Å². The molecule has 0 unspecified atom stereocenters. The second-order valence-electron chi connectivity index (χ2n) is 6.88. The molecule has 1 amide bonds. The summed E-state index contributed by atoms with van der Waals surface area (Å²) in [6.07, 6.45) is 0. The van der Waals surface area contributed by atoms with Crippen molar-refractivity contribution in [1.82, 2.24) is 9.62 Å². The van der Waals surface area contributed by atoms with Crippen LogP contribution in [-0.2, 0) is 27.9 Å². The van der Waals surface area contributed by atoms with Crippen LogP contribution in [0.5, 0.6) is 0 Å². The fourth-order valence-corrected chi connectivity index (χ4v) is 4.81. The first-order valence-electron chi connectivity index (χ1n) is 9.36. The van der Waals surface area contributed by atoms with Crippen molar-refractivity contribution in [2.75, 3.05) is 6.54 Å². The van der Waals surface area contributed by atoms with Crippen LogP contribution in [0.3, 0.4) is 0 Å². The van der Waals surface area contributed by atoms with Crippen molar-refractivity contribution >= 4 is 55.1 Å². The molecule has 10 heteroatoms. The zero-order valence-corrected chi connectivity index (χ0v) is 20.5. The minimum Gasteiger partial charge on any atom is -0.351 e. The minimum atomic E-state index is -4.00. The quantitative estimate of drug-likeness (QED) is 0.402. The summed E-state index contributed by atoms with van der Waals surface area (Å²) in [5.41, 5.74) is 1.26. The number of sulfonamides is 1. The molecule has 0 aliphatic heterocycles. The number of amides is 1. The van der Waals surface area contributed by atoms with E-state index in [4.69, 9.17) is 23.2 Å². The molecule has 0 aliphatic carbocycles. The number of benzene rings is 3. The van der Waals surface area contributed by atoms with Crippen LogP contribution in [0.2, 0.25) is 10.0 Å². The van der Waals surface area contributed by atoms with Crippen LogP contribution in [-0.4, -0.2) is 25.2 Å². The van der Waals surface area contributed by atoms with E-state index < -0.39 is 22.5 Å². The lowest BCUT2D eigenvalue weighted by atomic mass is 10.2. The number of hydrogen-bond donors (Lipinski definition) is 1. The Labute approximate surface area is 204 Å². The van der Waals surface area contributed by atoms with Gasteiger partial charge in [0.1, 0.15) is 5.82 Å². The summed E-state index contributed by atoms with van der Waals surface area (Å²) in [5.74, 6) is -0.886. The monoisotopic (exact) mass is 558 g/mol. The zero-order valence-electron chi connectivity index (χ0n) is 16.6. The number of rotatable bonds is 8. The van der Waals surface area contributed by atoms with Crippen molar-refractivity contribution in [3.63, 3.8) is 0 Å². The van der Waals surface area contributed by atoms with Gasteiger partial charge in [-0.25, -0.2) is 12.8 Å². The van der Waals surface area contributed by atoms with E-state index in [1.54, 1.807) is 42.5 Å². The van der Waals surface area contributed by atoms with Crippen LogP contribution in [0.4, 0.5) is 4.39 Å². The molecule has 3 aromatic rings. The van der Waals surface area contributed by atoms with E-state index in [1.165, 1.54) is 24.3 Å². The van der Waals surface area contributed by atoms with Crippen molar-refractivity contribution in [1.29, 1.82) is 0 Å². The Kier molecular flexibility index (Phi) is 8.30. The van der Waals surface area contributed by atoms with Gasteiger partial charge in [-0.05, 0) is 59.7 Å². The number of carbonyl (C=O) groups is 1. The molecule has 168 valence electrons. The van der Waals surface area contributed by atoms with E-state index in [-0.39, 0.29) is 28.8 Å². The third-order valence-corrected chi connectivity index (χ3v) is 7.59. The van der Waals surface area contributed by atoms with Gasteiger partial charge in [0.2, 0.25) is 15.9 Å². The molecule has 0 spiro atoms. The lowest BCUT2D eigenvalue weighted by molar-refractivity contribution is -0.121. The molecule has 0 saturated heterocycles. The summed E-state index contributed by atoms with van der Waals surface area (Å²) in [5, 5.41) is 3.29. The van der Waals surface area contributed by atoms with E-state index in [0.29, 0.717) is 16.1 Å². The first-order chi connectivity index (χ1) is 15.1. The zero-order chi connectivity index (χ0) is 23.3. The Hall–Kier alpha value is -1.97. The van der Waals surface area contributed by atoms with Crippen LogP contribution in [0, 0.1) is 5.82 Å². The highest BCUT2D eigenvalue weighted by atomic mass is 79.9. The van der Waals surface area contributed by atoms with Crippen molar-refractivity contribution < 1.29 is 17.6 Å². The van der Waals surface area contributed by atoms with Crippen LogP contribution >= 0.6 is 39.1 Å². The maximum Gasteiger partial charge on any atom is 0.243 e. The van der Waals surface area contributed by atoms with E-state index in [9.17, 15) is 17.6 Å². The lowest BCUT2D eigenvalue weighted by Crippen LogP contribution is -2.40. The molecule has 0 aliphatic rings. The van der Waals surface area contributed by atoms with Gasteiger partial charge in [-0.15, -0.1) is 0 Å².